The van der Waals surface area contributed by atoms with E-state index in [0.29, 0.717) is 5.56 Å². The molecule has 1 rings (SSSR count). The van der Waals surface area contributed by atoms with Crippen molar-refractivity contribution in [3.8, 4) is 0 Å². The van der Waals surface area contributed by atoms with Crippen LogP contribution in [0.1, 0.15) is 12.0 Å². The number of carbonyl (C=O) groups excluding carboxylic acids is 1. The maximum absolute atomic E-state index is 11.4. The zero-order valence-electron chi connectivity index (χ0n) is 9.42. The Morgan fingerprint density at radius 3 is 2.35 bits per heavy atom. The highest BCUT2D eigenvalue weighted by Gasteiger charge is 2.39. The Balaban J connectivity index is 2.91. The molecule has 1 atom stereocenters. The predicted octanol–water partition coefficient (Wildman–Crippen LogP) is 0.608. The molecule has 5 heteroatoms. The number of carboxylic acids is 1. The number of aliphatic carboxylic acids is 1. The monoisotopic (exact) mass is 238 g/mol. The molecule has 0 saturated carbocycles. The van der Waals surface area contributed by atoms with E-state index in [1.54, 1.807) is 30.3 Å². The largest absolute Gasteiger partial charge is 0.481 e. The molecule has 2 N–H and O–H groups in total. The molecule has 0 bridgehead atoms. The molecule has 17 heavy (non-hydrogen) atoms. The molecule has 1 unspecified atom stereocenters. The van der Waals surface area contributed by atoms with E-state index in [4.69, 9.17) is 5.11 Å². The molecule has 0 aliphatic heterocycles. The summed E-state index contributed by atoms with van der Waals surface area (Å²) in [5.74, 6) is -2.20. The minimum atomic E-state index is -2.03. The van der Waals surface area contributed by atoms with Crippen LogP contribution in [-0.4, -0.2) is 34.9 Å². The normalized spacial score (nSPS) is 13.8. The Bertz CT molecular complexity index is 401. The predicted molar refractivity (Wildman–Crippen MR) is 59.4 cm³/mol. The molecule has 0 heterocycles. The molecular formula is C12H14O5. The first-order chi connectivity index (χ1) is 7.98. The SMILES string of the molecule is COC(=O)C(O)(CC(=O)O)Cc1ccccc1. The highest BCUT2D eigenvalue weighted by molar-refractivity contribution is 5.85. The molecular weight excluding hydrogens is 224 g/mol. The van der Waals surface area contributed by atoms with Gasteiger partial charge in [-0.3, -0.25) is 4.79 Å². The summed E-state index contributed by atoms with van der Waals surface area (Å²) in [6, 6.07) is 8.69. The lowest BCUT2D eigenvalue weighted by Gasteiger charge is -2.23. The third-order valence-electron chi connectivity index (χ3n) is 2.35. The number of methoxy groups -OCH3 is 1. The van der Waals surface area contributed by atoms with Gasteiger partial charge in [0.15, 0.2) is 5.60 Å². The van der Waals surface area contributed by atoms with Gasteiger partial charge in [0, 0.05) is 6.42 Å². The van der Waals surface area contributed by atoms with Gasteiger partial charge in [-0.25, -0.2) is 4.79 Å². The standard InChI is InChI=1S/C12H14O5/c1-17-11(15)12(16,8-10(13)14)7-9-5-3-2-4-6-9/h2-6,16H,7-8H2,1H3,(H,13,14). The van der Waals surface area contributed by atoms with E-state index in [0.717, 1.165) is 7.11 Å². The van der Waals surface area contributed by atoms with E-state index in [2.05, 4.69) is 4.74 Å². The van der Waals surface area contributed by atoms with Crippen molar-refractivity contribution in [1.82, 2.24) is 0 Å². The summed E-state index contributed by atoms with van der Waals surface area (Å²) in [4.78, 5) is 22.1. The lowest BCUT2D eigenvalue weighted by Crippen LogP contribution is -2.43. The summed E-state index contributed by atoms with van der Waals surface area (Å²) in [5, 5.41) is 18.8. The molecule has 0 amide bonds. The van der Waals surface area contributed by atoms with Gasteiger partial charge in [-0.2, -0.15) is 0 Å². The van der Waals surface area contributed by atoms with E-state index in [-0.39, 0.29) is 6.42 Å². The third-order valence-corrected chi connectivity index (χ3v) is 2.35. The van der Waals surface area contributed by atoms with Crippen LogP contribution in [0.3, 0.4) is 0 Å². The fraction of sp³-hybridized carbons (Fsp3) is 0.333. The van der Waals surface area contributed by atoms with Crippen LogP contribution in [0.2, 0.25) is 0 Å². The summed E-state index contributed by atoms with van der Waals surface area (Å²) in [5.41, 5.74) is -1.36. The van der Waals surface area contributed by atoms with E-state index in [1.807, 2.05) is 0 Å². The first-order valence-corrected chi connectivity index (χ1v) is 5.04. The molecule has 0 aliphatic carbocycles. The number of hydrogen-bond acceptors (Lipinski definition) is 4. The second-order valence-electron chi connectivity index (χ2n) is 3.76. The lowest BCUT2D eigenvalue weighted by molar-refractivity contribution is -0.168. The Labute approximate surface area is 98.6 Å². The van der Waals surface area contributed by atoms with Gasteiger partial charge in [-0.15, -0.1) is 0 Å². The number of rotatable bonds is 5. The molecule has 0 fully saturated rings. The molecule has 1 aromatic rings. The summed E-state index contributed by atoms with van der Waals surface area (Å²) in [7, 11) is 1.11. The Morgan fingerprint density at radius 2 is 1.88 bits per heavy atom. The molecule has 0 radical (unpaired) electrons. The van der Waals surface area contributed by atoms with Crippen LogP contribution in [0.25, 0.3) is 0 Å². The minimum absolute atomic E-state index is 0.0905. The lowest BCUT2D eigenvalue weighted by atomic mass is 9.91. The van der Waals surface area contributed by atoms with Crippen LogP contribution in [-0.2, 0) is 20.7 Å². The van der Waals surface area contributed by atoms with Crippen LogP contribution in [0.5, 0.6) is 0 Å². The van der Waals surface area contributed by atoms with Crippen molar-refractivity contribution in [2.24, 2.45) is 0 Å². The van der Waals surface area contributed by atoms with Crippen LogP contribution in [0.15, 0.2) is 30.3 Å². The number of carbonyl (C=O) groups is 2. The van der Waals surface area contributed by atoms with E-state index >= 15 is 0 Å². The topological polar surface area (TPSA) is 83.8 Å². The average molecular weight is 238 g/mol. The quantitative estimate of drug-likeness (QED) is 0.734. The smallest absolute Gasteiger partial charge is 0.338 e. The number of aliphatic hydroxyl groups is 1. The molecule has 0 aliphatic rings. The molecule has 92 valence electrons. The molecule has 0 saturated heterocycles. The zero-order chi connectivity index (χ0) is 12.9. The third kappa shape index (κ3) is 3.57. The second kappa shape index (κ2) is 5.45. The highest BCUT2D eigenvalue weighted by Crippen LogP contribution is 2.19. The number of benzene rings is 1. The van der Waals surface area contributed by atoms with Crippen LogP contribution in [0, 0.1) is 0 Å². The van der Waals surface area contributed by atoms with Gasteiger partial charge < -0.3 is 14.9 Å². The zero-order valence-corrected chi connectivity index (χ0v) is 9.42. The van der Waals surface area contributed by atoms with Crippen molar-refractivity contribution in [3.05, 3.63) is 35.9 Å². The van der Waals surface area contributed by atoms with Crippen molar-refractivity contribution in [3.63, 3.8) is 0 Å². The summed E-state index contributed by atoms with van der Waals surface area (Å²) >= 11 is 0. The second-order valence-corrected chi connectivity index (χ2v) is 3.76. The highest BCUT2D eigenvalue weighted by atomic mass is 16.5. The van der Waals surface area contributed by atoms with Crippen molar-refractivity contribution in [1.29, 1.82) is 0 Å². The van der Waals surface area contributed by atoms with Crippen molar-refractivity contribution < 1.29 is 24.5 Å². The average Bonchev–Trinajstić information content (AvgIpc) is 2.28. The van der Waals surface area contributed by atoms with Gasteiger partial charge in [-0.05, 0) is 5.56 Å². The van der Waals surface area contributed by atoms with E-state index in [9.17, 15) is 14.7 Å². The van der Waals surface area contributed by atoms with Crippen LogP contribution in [0.4, 0.5) is 0 Å². The fourth-order valence-electron chi connectivity index (χ4n) is 1.58. The summed E-state index contributed by atoms with van der Waals surface area (Å²) in [6.07, 6.45) is -0.776. The maximum atomic E-state index is 11.4. The number of esters is 1. The van der Waals surface area contributed by atoms with Gasteiger partial charge in [0.25, 0.3) is 0 Å². The fourth-order valence-corrected chi connectivity index (χ4v) is 1.58. The first-order valence-electron chi connectivity index (χ1n) is 5.04. The van der Waals surface area contributed by atoms with Crippen molar-refractivity contribution in [2.45, 2.75) is 18.4 Å². The van der Waals surface area contributed by atoms with Crippen LogP contribution < -0.4 is 0 Å². The first kappa shape index (κ1) is 13.2. The van der Waals surface area contributed by atoms with Crippen LogP contribution >= 0.6 is 0 Å². The number of carboxylic acid groups (broad SMARTS) is 1. The van der Waals surface area contributed by atoms with Crippen molar-refractivity contribution in [2.75, 3.05) is 7.11 Å². The molecule has 5 nitrogen and oxygen atoms in total. The minimum Gasteiger partial charge on any atom is -0.481 e. The summed E-state index contributed by atoms with van der Waals surface area (Å²) < 4.78 is 4.44. The Morgan fingerprint density at radius 1 is 1.29 bits per heavy atom. The molecule has 1 aromatic carbocycles. The van der Waals surface area contributed by atoms with Gasteiger partial charge >= 0.3 is 11.9 Å². The number of ether oxygens (including phenoxy) is 1. The van der Waals surface area contributed by atoms with Gasteiger partial charge in [0.1, 0.15) is 0 Å². The van der Waals surface area contributed by atoms with E-state index < -0.39 is 24.0 Å². The maximum Gasteiger partial charge on any atom is 0.338 e. The van der Waals surface area contributed by atoms with Crippen molar-refractivity contribution >= 4 is 11.9 Å². The van der Waals surface area contributed by atoms with Gasteiger partial charge in [0.2, 0.25) is 0 Å². The van der Waals surface area contributed by atoms with Gasteiger partial charge in [0.05, 0.1) is 13.5 Å². The Hall–Kier alpha value is -1.88. The molecule has 0 spiro atoms. The molecule has 0 aromatic heterocycles. The van der Waals surface area contributed by atoms with E-state index in [1.165, 1.54) is 0 Å². The summed E-state index contributed by atoms with van der Waals surface area (Å²) in [6.45, 7) is 0. The Kier molecular flexibility index (Phi) is 4.23. The van der Waals surface area contributed by atoms with Gasteiger partial charge in [-0.1, -0.05) is 30.3 Å². The number of hydrogen-bond donors (Lipinski definition) is 2.